The molecule has 25 heavy (non-hydrogen) atoms. The van der Waals surface area contributed by atoms with Crippen LogP contribution in [-0.2, 0) is 14.6 Å². The highest BCUT2D eigenvalue weighted by Gasteiger charge is 2.21. The zero-order chi connectivity index (χ0) is 18.3. The zero-order valence-corrected chi connectivity index (χ0v) is 16.4. The van der Waals surface area contributed by atoms with E-state index in [0.717, 1.165) is 12.8 Å². The van der Waals surface area contributed by atoms with Gasteiger partial charge in [0, 0.05) is 11.0 Å². The number of carbonyl (C=O) groups is 1. The van der Waals surface area contributed by atoms with Gasteiger partial charge in [0.1, 0.15) is 0 Å². The number of sulfone groups is 1. The van der Waals surface area contributed by atoms with Crippen LogP contribution in [0.15, 0.2) is 62.8 Å². The second-order valence-electron chi connectivity index (χ2n) is 5.51. The quantitative estimate of drug-likeness (QED) is 0.634. The van der Waals surface area contributed by atoms with E-state index in [1.807, 2.05) is 6.92 Å². The summed E-state index contributed by atoms with van der Waals surface area (Å²) in [6.45, 7) is 2.68. The van der Waals surface area contributed by atoms with Crippen molar-refractivity contribution in [3.63, 3.8) is 0 Å². The lowest BCUT2D eigenvalue weighted by Crippen LogP contribution is -2.30. The van der Waals surface area contributed by atoms with Gasteiger partial charge < -0.3 is 10.6 Å². The molecule has 0 atom stereocenters. The molecule has 134 valence electrons. The third-order valence-corrected chi connectivity index (χ3v) is 5.88. The van der Waals surface area contributed by atoms with E-state index in [1.54, 1.807) is 48.5 Å². The van der Waals surface area contributed by atoms with E-state index in [9.17, 15) is 13.2 Å². The predicted octanol–water partition coefficient (Wildman–Crippen LogP) is 3.61. The molecule has 0 unspecified atom stereocenters. The van der Waals surface area contributed by atoms with E-state index in [2.05, 4.69) is 26.6 Å². The van der Waals surface area contributed by atoms with E-state index in [-0.39, 0.29) is 22.2 Å². The Morgan fingerprint density at radius 3 is 2.52 bits per heavy atom. The van der Waals surface area contributed by atoms with Crippen LogP contribution in [0.4, 0.5) is 5.69 Å². The highest BCUT2D eigenvalue weighted by atomic mass is 79.9. The van der Waals surface area contributed by atoms with Crippen LogP contribution >= 0.6 is 15.9 Å². The fourth-order valence-electron chi connectivity index (χ4n) is 2.23. The summed E-state index contributed by atoms with van der Waals surface area (Å²) in [5.41, 5.74) is 0.401. The summed E-state index contributed by atoms with van der Waals surface area (Å²) in [5.74, 6) is -0.167. The first-order chi connectivity index (χ1) is 11.9. The maximum atomic E-state index is 12.9. The molecule has 2 aromatic carbocycles. The van der Waals surface area contributed by atoms with Gasteiger partial charge in [0.25, 0.3) is 0 Å². The monoisotopic (exact) mass is 424 g/mol. The standard InChI is InChI=1S/C18H21BrN2O3S/c1-2-3-11-20-18(22)13-21-16-10-9-14(19)12-17(16)25(23,24)15-7-5-4-6-8-15/h4-10,12,21H,2-3,11,13H2,1H3,(H,20,22). The Morgan fingerprint density at radius 1 is 1.12 bits per heavy atom. The molecule has 1 amide bonds. The normalized spacial score (nSPS) is 11.1. The van der Waals surface area contributed by atoms with Crippen molar-refractivity contribution in [3.05, 3.63) is 53.0 Å². The van der Waals surface area contributed by atoms with E-state index in [1.165, 1.54) is 0 Å². The second-order valence-corrected chi connectivity index (χ2v) is 8.35. The zero-order valence-electron chi connectivity index (χ0n) is 14.0. The van der Waals surface area contributed by atoms with Crippen molar-refractivity contribution in [3.8, 4) is 0 Å². The third-order valence-electron chi connectivity index (χ3n) is 3.58. The van der Waals surface area contributed by atoms with Crippen molar-refractivity contribution in [2.24, 2.45) is 0 Å². The molecule has 0 radical (unpaired) electrons. The Morgan fingerprint density at radius 2 is 1.84 bits per heavy atom. The van der Waals surface area contributed by atoms with Gasteiger partial charge in [0.05, 0.1) is 22.0 Å². The highest BCUT2D eigenvalue weighted by Crippen LogP contribution is 2.30. The van der Waals surface area contributed by atoms with Crippen LogP contribution in [0.1, 0.15) is 19.8 Å². The van der Waals surface area contributed by atoms with Crippen molar-refractivity contribution in [2.75, 3.05) is 18.4 Å². The predicted molar refractivity (Wildman–Crippen MR) is 102 cm³/mol. The maximum absolute atomic E-state index is 12.9. The largest absolute Gasteiger partial charge is 0.375 e. The number of halogens is 1. The molecule has 0 aromatic heterocycles. The topological polar surface area (TPSA) is 75.3 Å². The first-order valence-corrected chi connectivity index (χ1v) is 10.3. The molecule has 0 bridgehead atoms. The van der Waals surface area contributed by atoms with Crippen LogP contribution < -0.4 is 10.6 Å². The average molecular weight is 425 g/mol. The second kappa shape index (κ2) is 9.01. The lowest BCUT2D eigenvalue weighted by atomic mass is 10.3. The minimum Gasteiger partial charge on any atom is -0.375 e. The van der Waals surface area contributed by atoms with E-state index in [4.69, 9.17) is 0 Å². The van der Waals surface area contributed by atoms with Gasteiger partial charge in [-0.25, -0.2) is 8.42 Å². The van der Waals surface area contributed by atoms with Crippen molar-refractivity contribution in [1.82, 2.24) is 5.32 Å². The van der Waals surface area contributed by atoms with Crippen molar-refractivity contribution in [1.29, 1.82) is 0 Å². The molecule has 0 saturated carbocycles. The lowest BCUT2D eigenvalue weighted by Gasteiger charge is -2.13. The third kappa shape index (κ3) is 5.31. The number of benzene rings is 2. The molecule has 2 rings (SSSR count). The molecule has 5 nitrogen and oxygen atoms in total. The Labute approximate surface area is 156 Å². The maximum Gasteiger partial charge on any atom is 0.239 e. The van der Waals surface area contributed by atoms with Gasteiger partial charge >= 0.3 is 0 Å². The first-order valence-electron chi connectivity index (χ1n) is 8.05. The molecular weight excluding hydrogens is 404 g/mol. The molecule has 0 spiro atoms. The molecular formula is C18H21BrN2O3S. The number of amides is 1. The fourth-order valence-corrected chi connectivity index (χ4v) is 4.23. The first kappa shape index (κ1) is 19.5. The number of carbonyl (C=O) groups excluding carboxylic acids is 1. The molecule has 0 aliphatic carbocycles. The number of unbranched alkanes of at least 4 members (excludes halogenated alkanes) is 1. The Kier molecular flexibility index (Phi) is 7.01. The number of rotatable bonds is 8. The number of hydrogen-bond donors (Lipinski definition) is 2. The molecule has 0 fully saturated rings. The van der Waals surface area contributed by atoms with Crippen LogP contribution in [0, 0.1) is 0 Å². The van der Waals surface area contributed by atoms with Gasteiger partial charge in [-0.15, -0.1) is 0 Å². The summed E-state index contributed by atoms with van der Waals surface area (Å²) < 4.78 is 26.5. The van der Waals surface area contributed by atoms with Gasteiger partial charge in [-0.2, -0.15) is 0 Å². The molecule has 0 aliphatic heterocycles. The summed E-state index contributed by atoms with van der Waals surface area (Å²) in [6, 6.07) is 13.2. The molecule has 0 aliphatic rings. The van der Waals surface area contributed by atoms with Crippen LogP contribution in [0.2, 0.25) is 0 Å². The molecule has 0 saturated heterocycles. The molecule has 0 heterocycles. The van der Waals surface area contributed by atoms with E-state index >= 15 is 0 Å². The van der Waals surface area contributed by atoms with Crippen LogP contribution in [-0.4, -0.2) is 27.4 Å². The number of nitrogens with one attached hydrogen (secondary N) is 2. The summed E-state index contributed by atoms with van der Waals surface area (Å²) in [5, 5.41) is 5.73. The van der Waals surface area contributed by atoms with Crippen LogP contribution in [0.3, 0.4) is 0 Å². The highest BCUT2D eigenvalue weighted by molar-refractivity contribution is 9.10. The summed E-state index contributed by atoms with van der Waals surface area (Å²) in [7, 11) is -3.69. The van der Waals surface area contributed by atoms with Gasteiger partial charge in [0.2, 0.25) is 15.7 Å². The van der Waals surface area contributed by atoms with Gasteiger partial charge in [0.15, 0.2) is 0 Å². The van der Waals surface area contributed by atoms with E-state index in [0.29, 0.717) is 16.7 Å². The fraction of sp³-hybridized carbons (Fsp3) is 0.278. The number of hydrogen-bond acceptors (Lipinski definition) is 4. The minimum absolute atomic E-state index is 0.0165. The Bertz CT molecular complexity index is 823. The minimum atomic E-state index is -3.69. The van der Waals surface area contributed by atoms with Crippen molar-refractivity contribution < 1.29 is 13.2 Å². The SMILES string of the molecule is CCCCNC(=O)CNc1ccc(Br)cc1S(=O)(=O)c1ccccc1. The Hall–Kier alpha value is -1.86. The van der Waals surface area contributed by atoms with Gasteiger partial charge in [-0.1, -0.05) is 47.5 Å². The van der Waals surface area contributed by atoms with E-state index < -0.39 is 9.84 Å². The van der Waals surface area contributed by atoms with Crippen molar-refractivity contribution in [2.45, 2.75) is 29.6 Å². The molecule has 2 aromatic rings. The Balaban J connectivity index is 2.22. The van der Waals surface area contributed by atoms with Gasteiger partial charge in [-0.05, 0) is 36.8 Å². The summed E-state index contributed by atoms with van der Waals surface area (Å²) in [6.07, 6.45) is 1.91. The van der Waals surface area contributed by atoms with Crippen LogP contribution in [0.5, 0.6) is 0 Å². The number of anilines is 1. The summed E-state index contributed by atoms with van der Waals surface area (Å²) in [4.78, 5) is 12.2. The molecule has 2 N–H and O–H groups in total. The van der Waals surface area contributed by atoms with Crippen LogP contribution in [0.25, 0.3) is 0 Å². The molecule has 7 heteroatoms. The average Bonchev–Trinajstić information content (AvgIpc) is 2.61. The van der Waals surface area contributed by atoms with Gasteiger partial charge in [-0.3, -0.25) is 4.79 Å². The van der Waals surface area contributed by atoms with Crippen molar-refractivity contribution >= 4 is 37.4 Å². The summed E-state index contributed by atoms with van der Waals surface area (Å²) >= 11 is 3.31. The lowest BCUT2D eigenvalue weighted by molar-refractivity contribution is -0.119. The smallest absolute Gasteiger partial charge is 0.239 e.